The Labute approximate surface area is 93.4 Å². The van der Waals surface area contributed by atoms with Crippen LogP contribution in [0, 0.1) is 0 Å². The lowest BCUT2D eigenvalue weighted by Gasteiger charge is -2.30. The number of rotatable bonds is 2. The average Bonchev–Trinajstić information content (AvgIpc) is 2.54. The molecule has 0 atom stereocenters. The maximum atomic E-state index is 11.9. The molecule has 0 N–H and O–H groups in total. The van der Waals surface area contributed by atoms with Gasteiger partial charge >= 0.3 is 6.03 Å². The van der Waals surface area contributed by atoms with Gasteiger partial charge in [0.05, 0.1) is 0 Å². The molecular weight excluding hydrogens is 188 g/mol. The minimum absolute atomic E-state index is 0.171. The smallest absolute Gasteiger partial charge is 0.319 e. The van der Waals surface area contributed by atoms with E-state index in [0.29, 0.717) is 6.04 Å². The van der Waals surface area contributed by atoms with Gasteiger partial charge in [-0.05, 0) is 19.8 Å². The summed E-state index contributed by atoms with van der Waals surface area (Å²) in [5.74, 6) is 0. The summed E-state index contributed by atoms with van der Waals surface area (Å²) in [6.45, 7) is 2.80. The van der Waals surface area contributed by atoms with Crippen LogP contribution in [0.4, 0.5) is 4.79 Å². The van der Waals surface area contributed by atoms with Crippen LogP contribution in [0.25, 0.3) is 0 Å². The second-order valence-electron chi connectivity index (χ2n) is 4.55. The van der Waals surface area contributed by atoms with Gasteiger partial charge in [-0.3, -0.25) is 0 Å². The molecular formula is C12H24N2O. The highest BCUT2D eigenvalue weighted by Crippen LogP contribution is 2.21. The molecule has 3 heteroatoms. The van der Waals surface area contributed by atoms with Gasteiger partial charge in [0.15, 0.2) is 0 Å². The molecule has 0 unspecified atom stereocenters. The third-order valence-electron chi connectivity index (χ3n) is 3.48. The lowest BCUT2D eigenvalue weighted by molar-refractivity contribution is 0.152. The average molecular weight is 212 g/mol. The zero-order chi connectivity index (χ0) is 11.3. The SMILES string of the molecule is CCN(C)C(=O)N(C)C1CCCCCC1. The summed E-state index contributed by atoms with van der Waals surface area (Å²) in [5.41, 5.74) is 0. The number of hydrogen-bond donors (Lipinski definition) is 0. The first-order chi connectivity index (χ1) is 7.16. The molecule has 3 nitrogen and oxygen atoms in total. The molecule has 0 spiro atoms. The Morgan fingerprint density at radius 3 is 2.13 bits per heavy atom. The van der Waals surface area contributed by atoms with E-state index in [-0.39, 0.29) is 6.03 Å². The molecule has 1 saturated carbocycles. The van der Waals surface area contributed by atoms with Crippen molar-refractivity contribution in [2.75, 3.05) is 20.6 Å². The molecule has 1 aliphatic rings. The van der Waals surface area contributed by atoms with Crippen LogP contribution in [0.5, 0.6) is 0 Å². The predicted octanol–water partition coefficient (Wildman–Crippen LogP) is 2.71. The van der Waals surface area contributed by atoms with Crippen LogP contribution in [-0.4, -0.2) is 42.5 Å². The van der Waals surface area contributed by atoms with Crippen LogP contribution in [0.15, 0.2) is 0 Å². The Balaban J connectivity index is 2.49. The second-order valence-corrected chi connectivity index (χ2v) is 4.55. The van der Waals surface area contributed by atoms with Crippen molar-refractivity contribution in [3.8, 4) is 0 Å². The predicted molar refractivity (Wildman–Crippen MR) is 63.0 cm³/mol. The van der Waals surface area contributed by atoms with E-state index in [1.165, 1.54) is 38.5 Å². The van der Waals surface area contributed by atoms with Crippen molar-refractivity contribution in [3.63, 3.8) is 0 Å². The van der Waals surface area contributed by atoms with E-state index in [1.54, 1.807) is 4.90 Å². The number of urea groups is 1. The summed E-state index contributed by atoms with van der Waals surface area (Å²) in [5, 5.41) is 0. The molecule has 0 aromatic rings. The topological polar surface area (TPSA) is 23.6 Å². The molecule has 1 rings (SSSR count). The first kappa shape index (κ1) is 12.3. The molecule has 0 aromatic heterocycles. The lowest BCUT2D eigenvalue weighted by atomic mass is 10.1. The third kappa shape index (κ3) is 3.40. The highest BCUT2D eigenvalue weighted by Gasteiger charge is 2.22. The second kappa shape index (κ2) is 5.99. The van der Waals surface area contributed by atoms with Crippen molar-refractivity contribution < 1.29 is 4.79 Å². The van der Waals surface area contributed by atoms with Gasteiger partial charge in [-0.15, -0.1) is 0 Å². The first-order valence-electron chi connectivity index (χ1n) is 6.14. The van der Waals surface area contributed by atoms with Crippen molar-refractivity contribution in [2.45, 2.75) is 51.5 Å². The normalized spacial score (nSPS) is 18.3. The number of carbonyl (C=O) groups excluding carboxylic acids is 1. The fourth-order valence-electron chi connectivity index (χ4n) is 2.21. The van der Waals surface area contributed by atoms with E-state index >= 15 is 0 Å². The van der Waals surface area contributed by atoms with Gasteiger partial charge in [-0.1, -0.05) is 25.7 Å². The standard InChI is InChI=1S/C12H24N2O/c1-4-13(2)12(15)14(3)11-9-7-5-6-8-10-11/h11H,4-10H2,1-3H3. The first-order valence-corrected chi connectivity index (χ1v) is 6.14. The summed E-state index contributed by atoms with van der Waals surface area (Å²) < 4.78 is 0. The summed E-state index contributed by atoms with van der Waals surface area (Å²) in [7, 11) is 3.82. The Hall–Kier alpha value is -0.730. The van der Waals surface area contributed by atoms with E-state index < -0.39 is 0 Å². The monoisotopic (exact) mass is 212 g/mol. The zero-order valence-corrected chi connectivity index (χ0v) is 10.3. The van der Waals surface area contributed by atoms with E-state index in [1.807, 2.05) is 25.9 Å². The lowest BCUT2D eigenvalue weighted by Crippen LogP contribution is -2.44. The van der Waals surface area contributed by atoms with Gasteiger partial charge in [-0.2, -0.15) is 0 Å². The molecule has 1 aliphatic carbocycles. The zero-order valence-electron chi connectivity index (χ0n) is 10.3. The Kier molecular flexibility index (Phi) is 4.92. The van der Waals surface area contributed by atoms with Gasteiger partial charge < -0.3 is 9.80 Å². The molecule has 15 heavy (non-hydrogen) atoms. The molecule has 0 aliphatic heterocycles. The van der Waals surface area contributed by atoms with E-state index in [9.17, 15) is 4.79 Å². The fraction of sp³-hybridized carbons (Fsp3) is 0.917. The van der Waals surface area contributed by atoms with Crippen molar-refractivity contribution in [1.29, 1.82) is 0 Å². The van der Waals surface area contributed by atoms with E-state index in [2.05, 4.69) is 0 Å². The molecule has 0 heterocycles. The van der Waals surface area contributed by atoms with Crippen molar-refractivity contribution in [3.05, 3.63) is 0 Å². The van der Waals surface area contributed by atoms with Crippen molar-refractivity contribution in [2.24, 2.45) is 0 Å². The quantitative estimate of drug-likeness (QED) is 0.646. The van der Waals surface area contributed by atoms with Crippen LogP contribution in [-0.2, 0) is 0 Å². The summed E-state index contributed by atoms with van der Waals surface area (Å²) in [6.07, 6.45) is 7.58. The number of hydrogen-bond acceptors (Lipinski definition) is 1. The minimum atomic E-state index is 0.171. The molecule has 0 aromatic carbocycles. The molecule has 0 radical (unpaired) electrons. The van der Waals surface area contributed by atoms with Gasteiger partial charge in [-0.25, -0.2) is 4.79 Å². The summed E-state index contributed by atoms with van der Waals surface area (Å²) in [4.78, 5) is 15.7. The molecule has 1 fully saturated rings. The Bertz CT molecular complexity index is 198. The largest absolute Gasteiger partial charge is 0.328 e. The number of amides is 2. The Morgan fingerprint density at radius 2 is 1.67 bits per heavy atom. The number of nitrogens with zero attached hydrogens (tertiary/aromatic N) is 2. The van der Waals surface area contributed by atoms with Crippen LogP contribution in [0.2, 0.25) is 0 Å². The van der Waals surface area contributed by atoms with E-state index in [0.717, 1.165) is 6.54 Å². The van der Waals surface area contributed by atoms with Crippen molar-refractivity contribution >= 4 is 6.03 Å². The van der Waals surface area contributed by atoms with Crippen LogP contribution < -0.4 is 0 Å². The Morgan fingerprint density at radius 1 is 1.13 bits per heavy atom. The van der Waals surface area contributed by atoms with Gasteiger partial charge in [0, 0.05) is 26.7 Å². The number of carbonyl (C=O) groups is 1. The molecule has 2 amide bonds. The third-order valence-corrected chi connectivity index (χ3v) is 3.48. The maximum Gasteiger partial charge on any atom is 0.319 e. The van der Waals surface area contributed by atoms with E-state index in [4.69, 9.17) is 0 Å². The molecule has 88 valence electrons. The van der Waals surface area contributed by atoms with Crippen LogP contribution in [0.3, 0.4) is 0 Å². The molecule has 0 saturated heterocycles. The fourth-order valence-corrected chi connectivity index (χ4v) is 2.21. The maximum absolute atomic E-state index is 11.9. The summed E-state index contributed by atoms with van der Waals surface area (Å²) in [6, 6.07) is 0.637. The highest BCUT2D eigenvalue weighted by atomic mass is 16.2. The van der Waals surface area contributed by atoms with Crippen LogP contribution >= 0.6 is 0 Å². The van der Waals surface area contributed by atoms with Gasteiger partial charge in [0.25, 0.3) is 0 Å². The highest BCUT2D eigenvalue weighted by molar-refractivity contribution is 5.74. The minimum Gasteiger partial charge on any atom is -0.328 e. The molecule has 0 bridgehead atoms. The van der Waals surface area contributed by atoms with Crippen LogP contribution in [0.1, 0.15) is 45.4 Å². The van der Waals surface area contributed by atoms with Crippen molar-refractivity contribution in [1.82, 2.24) is 9.80 Å². The van der Waals surface area contributed by atoms with Gasteiger partial charge in [0.1, 0.15) is 0 Å². The summed E-state index contributed by atoms with van der Waals surface area (Å²) >= 11 is 0. The van der Waals surface area contributed by atoms with Gasteiger partial charge in [0.2, 0.25) is 0 Å².